The molecule has 2 amide bonds. The van der Waals surface area contributed by atoms with E-state index in [1.165, 1.54) is 23.8 Å². The number of anilines is 1. The van der Waals surface area contributed by atoms with E-state index in [4.69, 9.17) is 24.0 Å². The van der Waals surface area contributed by atoms with Gasteiger partial charge in [0.15, 0.2) is 0 Å². The molecule has 2 fully saturated rings. The lowest BCUT2D eigenvalue weighted by Crippen LogP contribution is -2.71. The van der Waals surface area contributed by atoms with E-state index < -0.39 is 34.7 Å². The van der Waals surface area contributed by atoms with Gasteiger partial charge in [-0.3, -0.25) is 14.5 Å². The number of esters is 1. The van der Waals surface area contributed by atoms with Crippen molar-refractivity contribution in [2.75, 3.05) is 31.9 Å². The molecular formula is C45H42N6O7S2. The smallest absolute Gasteiger partial charge is 0.355 e. The number of oxime groups is 1. The number of hydrogen-bond donors (Lipinski definition) is 2. The van der Waals surface area contributed by atoms with Gasteiger partial charge in [-0.2, -0.15) is 9.36 Å². The zero-order valence-corrected chi connectivity index (χ0v) is 34.5. The molecule has 2 saturated heterocycles. The number of nitrogens with one attached hydrogen (secondary N) is 2. The highest BCUT2D eigenvalue weighted by molar-refractivity contribution is 8.00. The molecule has 1 aromatic heterocycles. The number of carbonyl (C=O) groups excluding carboxylic acids is 3. The molecule has 8 rings (SSSR count). The third-order valence-corrected chi connectivity index (χ3v) is 12.4. The maximum absolute atomic E-state index is 14.0. The van der Waals surface area contributed by atoms with Crippen LogP contribution in [0.1, 0.15) is 40.9 Å². The Labute approximate surface area is 355 Å². The lowest BCUT2D eigenvalue weighted by Gasteiger charge is -2.49. The number of methoxy groups -OCH3 is 1. The van der Waals surface area contributed by atoms with Gasteiger partial charge in [0.25, 0.3) is 11.8 Å². The molecule has 60 heavy (non-hydrogen) atoms. The fourth-order valence-electron chi connectivity index (χ4n) is 7.47. The van der Waals surface area contributed by atoms with Gasteiger partial charge < -0.3 is 29.7 Å². The van der Waals surface area contributed by atoms with Gasteiger partial charge in [-0.25, -0.2) is 4.79 Å². The van der Waals surface area contributed by atoms with Crippen molar-refractivity contribution in [3.63, 3.8) is 0 Å². The lowest BCUT2D eigenvalue weighted by molar-refractivity contribution is -0.153. The fourth-order valence-corrected chi connectivity index (χ4v) is 9.42. The standard InChI is InChI=1S/C45H42N6O7S2/c1-55-34-23-20-29(21-24-34)27-58-43(54)38-30(22-25-35-19-12-26-57-35)28-59-42-37(41(53)51(38)42)46-40(52)36(49-56-2)39-47-44(60-50-39)48-45(31-13-6-3-7-14-31,32-15-8-4-9-16-32)33-17-10-5-11-18-33/h3-11,13-18,20-25,35,37,42H,12,19,26-28H2,1-2H3,(H,46,52)(H,47,48,50)/b25-22-,49-36-/t35?,37-,42+/m1/s1. The quantitative estimate of drug-likeness (QED) is 0.0394. The summed E-state index contributed by atoms with van der Waals surface area (Å²) in [6.07, 6.45) is 5.51. The summed E-state index contributed by atoms with van der Waals surface area (Å²) in [4.78, 5) is 53.0. The molecule has 4 aromatic carbocycles. The number of benzene rings is 4. The summed E-state index contributed by atoms with van der Waals surface area (Å²) >= 11 is 2.50. The van der Waals surface area contributed by atoms with Gasteiger partial charge in [0.05, 0.1) is 13.2 Å². The van der Waals surface area contributed by atoms with E-state index in [2.05, 4.69) is 20.2 Å². The Kier molecular flexibility index (Phi) is 12.4. The summed E-state index contributed by atoms with van der Waals surface area (Å²) in [5.74, 6) is -0.745. The van der Waals surface area contributed by atoms with E-state index >= 15 is 0 Å². The maximum Gasteiger partial charge on any atom is 0.355 e. The monoisotopic (exact) mass is 842 g/mol. The summed E-state index contributed by atoms with van der Waals surface area (Å²) in [5.41, 5.74) is 3.31. The Balaban J connectivity index is 1.03. The first-order chi connectivity index (χ1) is 29.4. The average Bonchev–Trinajstić information content (AvgIpc) is 4.01. The van der Waals surface area contributed by atoms with Crippen molar-refractivity contribution in [1.29, 1.82) is 0 Å². The molecule has 5 aromatic rings. The summed E-state index contributed by atoms with van der Waals surface area (Å²) in [5, 5.41) is 10.3. The molecule has 3 aliphatic rings. The average molecular weight is 843 g/mol. The van der Waals surface area contributed by atoms with Crippen LogP contribution in [-0.4, -0.2) is 81.9 Å². The predicted molar refractivity (Wildman–Crippen MR) is 229 cm³/mol. The molecule has 0 aliphatic carbocycles. The second-order valence-electron chi connectivity index (χ2n) is 14.1. The molecule has 1 unspecified atom stereocenters. The number of amides is 2. The number of fused-ring (bicyclic) bond motifs is 1. The van der Waals surface area contributed by atoms with Crippen LogP contribution in [0, 0.1) is 0 Å². The Morgan fingerprint density at radius 3 is 2.17 bits per heavy atom. The molecule has 0 spiro atoms. The number of nitrogens with zero attached hydrogens (tertiary/aromatic N) is 4. The van der Waals surface area contributed by atoms with E-state index in [1.807, 2.05) is 103 Å². The maximum atomic E-state index is 14.0. The SMILES string of the molecule is CO/N=C(\C(=O)N[C@@H]1C(=O)N2C(C(=O)OCc3ccc(OC)cc3)=C(/C=C\C3CCCO3)CS[C@@H]12)c1nsc(NC(c2ccccc2)(c2ccccc2)c2ccccc2)n1. The second-order valence-corrected chi connectivity index (χ2v) is 15.9. The van der Waals surface area contributed by atoms with E-state index in [0.717, 1.165) is 46.6 Å². The second kappa shape index (κ2) is 18.3. The topological polar surface area (TPSA) is 154 Å². The number of thioether (sulfide) groups is 1. The summed E-state index contributed by atoms with van der Waals surface area (Å²) in [6, 6.07) is 36.3. The predicted octanol–water partition coefficient (Wildman–Crippen LogP) is 6.43. The van der Waals surface area contributed by atoms with Gasteiger partial charge in [-0.1, -0.05) is 120 Å². The first-order valence-electron chi connectivity index (χ1n) is 19.4. The van der Waals surface area contributed by atoms with E-state index in [0.29, 0.717) is 28.8 Å². The zero-order valence-electron chi connectivity index (χ0n) is 32.9. The number of aromatic nitrogens is 2. The lowest BCUT2D eigenvalue weighted by atomic mass is 9.77. The highest BCUT2D eigenvalue weighted by Gasteiger charge is 2.54. The van der Waals surface area contributed by atoms with Crippen molar-refractivity contribution in [2.24, 2.45) is 5.16 Å². The minimum absolute atomic E-state index is 0.00738. The van der Waals surface area contributed by atoms with Crippen LogP contribution in [0.5, 0.6) is 5.75 Å². The van der Waals surface area contributed by atoms with Crippen molar-refractivity contribution in [3.05, 3.63) is 167 Å². The number of allylic oxidation sites excluding steroid dienone is 1. The molecule has 306 valence electrons. The molecule has 3 aliphatic heterocycles. The minimum Gasteiger partial charge on any atom is -0.497 e. The van der Waals surface area contributed by atoms with E-state index in [1.54, 1.807) is 31.4 Å². The molecule has 0 bridgehead atoms. The van der Waals surface area contributed by atoms with Crippen molar-refractivity contribution >= 4 is 51.9 Å². The van der Waals surface area contributed by atoms with Gasteiger partial charge in [-0.05, 0) is 52.8 Å². The highest BCUT2D eigenvalue weighted by Crippen LogP contribution is 2.42. The summed E-state index contributed by atoms with van der Waals surface area (Å²) in [6.45, 7) is 0.665. The summed E-state index contributed by atoms with van der Waals surface area (Å²) in [7, 11) is 2.90. The largest absolute Gasteiger partial charge is 0.497 e. The Morgan fingerprint density at radius 1 is 0.933 bits per heavy atom. The third-order valence-electron chi connectivity index (χ3n) is 10.4. The van der Waals surface area contributed by atoms with Crippen LogP contribution >= 0.6 is 23.3 Å². The van der Waals surface area contributed by atoms with E-state index in [-0.39, 0.29) is 29.9 Å². The number of carbonyl (C=O) groups is 3. The fraction of sp³-hybridized carbons (Fsp3) is 0.244. The van der Waals surface area contributed by atoms with Crippen LogP contribution in [0.15, 0.2) is 144 Å². The van der Waals surface area contributed by atoms with E-state index in [9.17, 15) is 14.4 Å². The molecule has 15 heteroatoms. The zero-order chi connectivity index (χ0) is 41.5. The number of ether oxygens (including phenoxy) is 3. The number of rotatable bonds is 15. The van der Waals surface area contributed by atoms with Crippen LogP contribution < -0.4 is 15.4 Å². The Morgan fingerprint density at radius 2 is 1.58 bits per heavy atom. The first-order valence-corrected chi connectivity index (χ1v) is 21.2. The van der Waals surface area contributed by atoms with Crippen LogP contribution in [0.2, 0.25) is 0 Å². The van der Waals surface area contributed by atoms with Gasteiger partial charge in [0, 0.05) is 23.9 Å². The minimum atomic E-state index is -0.976. The van der Waals surface area contributed by atoms with Gasteiger partial charge in [0.1, 0.15) is 42.1 Å². The molecule has 2 N–H and O–H groups in total. The molecule has 3 atom stereocenters. The van der Waals surface area contributed by atoms with Crippen molar-refractivity contribution in [1.82, 2.24) is 19.6 Å². The Hall–Kier alpha value is -6.29. The molecule has 0 radical (unpaired) electrons. The van der Waals surface area contributed by atoms with Crippen LogP contribution in [0.25, 0.3) is 0 Å². The molecule has 4 heterocycles. The highest BCUT2D eigenvalue weighted by atomic mass is 32.2. The van der Waals surface area contributed by atoms with Gasteiger partial charge in [-0.15, -0.1) is 11.8 Å². The Bertz CT molecular complexity index is 2310. The summed E-state index contributed by atoms with van der Waals surface area (Å²) < 4.78 is 21.3. The van der Waals surface area contributed by atoms with Crippen molar-refractivity contribution in [3.8, 4) is 5.75 Å². The number of hydrogen-bond acceptors (Lipinski definition) is 13. The first kappa shape index (κ1) is 40.5. The van der Waals surface area contributed by atoms with Crippen molar-refractivity contribution in [2.45, 2.75) is 42.5 Å². The van der Waals surface area contributed by atoms with Gasteiger partial charge in [0.2, 0.25) is 16.7 Å². The third kappa shape index (κ3) is 8.28. The van der Waals surface area contributed by atoms with Crippen LogP contribution in [-0.2, 0) is 40.8 Å². The number of β-lactam (4-membered cyclic amide) rings is 1. The molecular weight excluding hydrogens is 801 g/mol. The molecule has 13 nitrogen and oxygen atoms in total. The molecule has 0 saturated carbocycles. The van der Waals surface area contributed by atoms with Crippen LogP contribution in [0.3, 0.4) is 0 Å². The normalized spacial score (nSPS) is 19.1. The van der Waals surface area contributed by atoms with Crippen LogP contribution in [0.4, 0.5) is 5.13 Å². The van der Waals surface area contributed by atoms with Crippen molar-refractivity contribution < 1.29 is 33.4 Å². The van der Waals surface area contributed by atoms with Gasteiger partial charge >= 0.3 is 5.97 Å².